The first-order valence-corrected chi connectivity index (χ1v) is 10.1. The van der Waals surface area contributed by atoms with E-state index in [2.05, 4.69) is 69.7 Å². The molecule has 0 aliphatic carbocycles. The summed E-state index contributed by atoms with van der Waals surface area (Å²) in [6.07, 6.45) is 2.40. The van der Waals surface area contributed by atoms with E-state index in [9.17, 15) is 0 Å². The molecule has 5 nitrogen and oxygen atoms in total. The maximum Gasteiger partial charge on any atom is 0.191 e. The fraction of sp³-hybridized carbons (Fsp3) is 0.500. The van der Waals surface area contributed by atoms with Gasteiger partial charge in [0.25, 0.3) is 0 Å². The lowest BCUT2D eigenvalue weighted by molar-refractivity contribution is 0.192. The van der Waals surface area contributed by atoms with Crippen LogP contribution in [0.4, 0.5) is 0 Å². The zero-order valence-corrected chi connectivity index (χ0v) is 16.8. The average Bonchev–Trinajstić information content (AvgIpc) is 2.97. The molecule has 0 bridgehead atoms. The molecule has 1 saturated heterocycles. The Labute approximate surface area is 160 Å². The van der Waals surface area contributed by atoms with Gasteiger partial charge in [-0.2, -0.15) is 0 Å². The molecule has 0 saturated carbocycles. The highest BCUT2D eigenvalue weighted by atomic mass is 32.1. The summed E-state index contributed by atoms with van der Waals surface area (Å²) in [5.41, 5.74) is 2.50. The molecule has 1 aromatic carbocycles. The van der Waals surface area contributed by atoms with Crippen LogP contribution >= 0.6 is 11.3 Å². The lowest BCUT2D eigenvalue weighted by Crippen LogP contribution is -2.50. The van der Waals surface area contributed by atoms with E-state index in [-0.39, 0.29) is 0 Å². The predicted molar refractivity (Wildman–Crippen MR) is 110 cm³/mol. The molecule has 1 unspecified atom stereocenters. The molecule has 1 aliphatic heterocycles. The third-order valence-corrected chi connectivity index (χ3v) is 5.87. The number of thiazole rings is 1. The van der Waals surface area contributed by atoms with Crippen molar-refractivity contribution in [1.82, 2.24) is 20.5 Å². The minimum Gasteiger partial charge on any atom is -0.352 e. The Morgan fingerprint density at radius 2 is 2.12 bits per heavy atom. The molecule has 0 amide bonds. The van der Waals surface area contributed by atoms with Crippen LogP contribution in [0.5, 0.6) is 0 Å². The Morgan fingerprint density at radius 3 is 2.81 bits per heavy atom. The highest BCUT2D eigenvalue weighted by Crippen LogP contribution is 2.16. The molecule has 0 spiro atoms. The van der Waals surface area contributed by atoms with Crippen LogP contribution in [0.2, 0.25) is 0 Å². The summed E-state index contributed by atoms with van der Waals surface area (Å²) in [5, 5.41) is 8.10. The Hall–Kier alpha value is -1.92. The number of piperidine rings is 1. The quantitative estimate of drug-likeness (QED) is 0.626. The number of aryl methyl sites for hydroxylation is 2. The van der Waals surface area contributed by atoms with Gasteiger partial charge in [0, 0.05) is 31.1 Å². The van der Waals surface area contributed by atoms with Gasteiger partial charge in [-0.05, 0) is 38.8 Å². The van der Waals surface area contributed by atoms with Gasteiger partial charge in [0.15, 0.2) is 5.96 Å². The largest absolute Gasteiger partial charge is 0.352 e. The van der Waals surface area contributed by atoms with E-state index in [0.717, 1.165) is 42.8 Å². The number of rotatable bonds is 5. The number of guanidine groups is 1. The average molecular weight is 372 g/mol. The molecular weight excluding hydrogens is 342 g/mol. The first-order valence-electron chi connectivity index (χ1n) is 9.30. The molecule has 1 atom stereocenters. The second kappa shape index (κ2) is 9.14. The number of nitrogens with one attached hydrogen (secondary N) is 2. The lowest BCUT2D eigenvalue weighted by Gasteiger charge is -2.33. The Bertz CT molecular complexity index is 706. The predicted octanol–water partition coefficient (Wildman–Crippen LogP) is 3.09. The van der Waals surface area contributed by atoms with E-state index in [0.29, 0.717) is 6.04 Å². The van der Waals surface area contributed by atoms with Crippen molar-refractivity contribution in [2.24, 2.45) is 4.99 Å². The molecular formula is C20H29N5S. The molecule has 1 aliphatic rings. The Morgan fingerprint density at radius 1 is 1.31 bits per heavy atom. The number of hydrogen-bond donors (Lipinski definition) is 2. The molecule has 2 aromatic rings. The van der Waals surface area contributed by atoms with Gasteiger partial charge in [0.2, 0.25) is 0 Å². The van der Waals surface area contributed by atoms with E-state index in [1.54, 1.807) is 11.3 Å². The van der Waals surface area contributed by atoms with Gasteiger partial charge < -0.3 is 10.6 Å². The molecule has 0 radical (unpaired) electrons. The number of aliphatic imine (C=N–C) groups is 1. The number of nitrogens with zero attached hydrogens (tertiary/aromatic N) is 3. The fourth-order valence-corrected chi connectivity index (χ4v) is 4.19. The number of hydrogen-bond acceptors (Lipinski definition) is 4. The van der Waals surface area contributed by atoms with E-state index in [1.165, 1.54) is 23.3 Å². The fourth-order valence-electron chi connectivity index (χ4n) is 3.32. The number of aromatic nitrogens is 1. The molecule has 2 N–H and O–H groups in total. The summed E-state index contributed by atoms with van der Waals surface area (Å²) >= 11 is 1.75. The molecule has 1 fully saturated rings. The van der Waals surface area contributed by atoms with Crippen LogP contribution in [-0.4, -0.2) is 42.0 Å². The summed E-state index contributed by atoms with van der Waals surface area (Å²) in [6.45, 7) is 8.13. The zero-order valence-electron chi connectivity index (χ0n) is 16.0. The van der Waals surface area contributed by atoms with Gasteiger partial charge in [0.1, 0.15) is 5.01 Å². The van der Waals surface area contributed by atoms with Gasteiger partial charge in [-0.15, -0.1) is 11.3 Å². The molecule has 2 heterocycles. The second-order valence-corrected chi connectivity index (χ2v) is 8.17. The summed E-state index contributed by atoms with van der Waals surface area (Å²) in [6, 6.07) is 11.1. The van der Waals surface area contributed by atoms with Gasteiger partial charge in [0.05, 0.1) is 12.2 Å². The van der Waals surface area contributed by atoms with Crippen LogP contribution in [0.1, 0.15) is 34.0 Å². The normalized spacial score (nSPS) is 18.7. The van der Waals surface area contributed by atoms with Gasteiger partial charge in [-0.25, -0.2) is 4.98 Å². The maximum absolute atomic E-state index is 4.59. The Balaban J connectivity index is 1.49. The molecule has 26 heavy (non-hydrogen) atoms. The maximum atomic E-state index is 4.59. The van der Waals surface area contributed by atoms with Crippen molar-refractivity contribution in [3.8, 4) is 0 Å². The van der Waals surface area contributed by atoms with Gasteiger partial charge >= 0.3 is 0 Å². The van der Waals surface area contributed by atoms with Crippen LogP contribution in [0, 0.1) is 13.8 Å². The van der Waals surface area contributed by atoms with E-state index in [4.69, 9.17) is 0 Å². The van der Waals surface area contributed by atoms with Crippen molar-refractivity contribution in [3.05, 3.63) is 51.5 Å². The van der Waals surface area contributed by atoms with E-state index in [1.807, 2.05) is 7.05 Å². The highest BCUT2D eigenvalue weighted by Gasteiger charge is 2.20. The lowest BCUT2D eigenvalue weighted by atomic mass is 10.0. The van der Waals surface area contributed by atoms with Crippen molar-refractivity contribution in [2.75, 3.05) is 20.1 Å². The first kappa shape index (κ1) is 18.9. The zero-order chi connectivity index (χ0) is 18.4. The second-order valence-electron chi connectivity index (χ2n) is 6.88. The van der Waals surface area contributed by atoms with E-state index < -0.39 is 0 Å². The summed E-state index contributed by atoms with van der Waals surface area (Å²) in [7, 11) is 1.83. The van der Waals surface area contributed by atoms with Crippen molar-refractivity contribution in [3.63, 3.8) is 0 Å². The summed E-state index contributed by atoms with van der Waals surface area (Å²) in [4.78, 5) is 12.8. The van der Waals surface area contributed by atoms with Crippen molar-refractivity contribution >= 4 is 17.3 Å². The minimum atomic E-state index is 0.429. The third kappa shape index (κ3) is 5.29. The standard InChI is InChI=1S/C20H29N5S/c1-15-16(2)26-19(23-15)12-22-20(21-3)24-18-10-7-11-25(14-18)13-17-8-5-4-6-9-17/h4-6,8-9,18H,7,10-14H2,1-3H3,(H2,21,22,24). The highest BCUT2D eigenvalue weighted by molar-refractivity contribution is 7.11. The van der Waals surface area contributed by atoms with E-state index >= 15 is 0 Å². The van der Waals surface area contributed by atoms with Gasteiger partial charge in [-0.3, -0.25) is 9.89 Å². The minimum absolute atomic E-state index is 0.429. The van der Waals surface area contributed by atoms with Crippen LogP contribution in [0.25, 0.3) is 0 Å². The molecule has 140 valence electrons. The summed E-state index contributed by atoms with van der Waals surface area (Å²) < 4.78 is 0. The smallest absolute Gasteiger partial charge is 0.191 e. The van der Waals surface area contributed by atoms with Crippen LogP contribution in [0.3, 0.4) is 0 Å². The Kier molecular flexibility index (Phi) is 6.63. The van der Waals surface area contributed by atoms with Crippen molar-refractivity contribution in [1.29, 1.82) is 0 Å². The van der Waals surface area contributed by atoms with Crippen LogP contribution in [-0.2, 0) is 13.1 Å². The van der Waals surface area contributed by atoms with Crippen molar-refractivity contribution in [2.45, 2.75) is 45.8 Å². The number of benzene rings is 1. The monoisotopic (exact) mass is 371 g/mol. The third-order valence-electron chi connectivity index (χ3n) is 4.80. The number of likely N-dealkylation sites (tertiary alicyclic amines) is 1. The topological polar surface area (TPSA) is 52.6 Å². The molecule has 3 rings (SSSR count). The van der Waals surface area contributed by atoms with Crippen LogP contribution in [0.15, 0.2) is 35.3 Å². The molecule has 6 heteroatoms. The van der Waals surface area contributed by atoms with Crippen molar-refractivity contribution < 1.29 is 0 Å². The molecule has 1 aromatic heterocycles. The SMILES string of the molecule is CN=C(NCc1nc(C)c(C)s1)NC1CCCN(Cc2ccccc2)C1. The first-order chi connectivity index (χ1) is 12.6. The van der Waals surface area contributed by atoms with Crippen LogP contribution < -0.4 is 10.6 Å². The van der Waals surface area contributed by atoms with Gasteiger partial charge in [-0.1, -0.05) is 30.3 Å². The summed E-state index contributed by atoms with van der Waals surface area (Å²) in [5.74, 6) is 0.863.